The molecule has 0 aliphatic heterocycles. The van der Waals surface area contributed by atoms with Crippen molar-refractivity contribution in [1.29, 1.82) is 0 Å². The number of rotatable bonds is 5. The molecule has 1 unspecified atom stereocenters. The summed E-state index contributed by atoms with van der Waals surface area (Å²) < 4.78 is 5.07. The second-order valence-electron chi connectivity index (χ2n) is 5.03. The summed E-state index contributed by atoms with van der Waals surface area (Å²) in [5.74, 6) is 0.231. The molecule has 0 saturated carbocycles. The predicted molar refractivity (Wildman–Crippen MR) is 64.3 cm³/mol. The molecular formula is C12H25NO3. The van der Waals surface area contributed by atoms with Gasteiger partial charge in [0.25, 0.3) is 0 Å². The molecule has 0 aliphatic carbocycles. The van der Waals surface area contributed by atoms with Gasteiger partial charge in [-0.3, -0.25) is 0 Å². The Kier molecular flexibility index (Phi) is 6.41. The van der Waals surface area contributed by atoms with E-state index in [1.807, 2.05) is 34.6 Å². The molecule has 0 aromatic heterocycles. The van der Waals surface area contributed by atoms with E-state index < -0.39 is 17.8 Å². The third kappa shape index (κ3) is 6.67. The van der Waals surface area contributed by atoms with Crippen molar-refractivity contribution < 1.29 is 14.6 Å². The van der Waals surface area contributed by atoms with Crippen LogP contribution in [-0.2, 0) is 4.74 Å². The molecule has 4 heteroatoms. The van der Waals surface area contributed by atoms with Crippen molar-refractivity contribution in [3.05, 3.63) is 0 Å². The van der Waals surface area contributed by atoms with Crippen molar-refractivity contribution in [1.82, 2.24) is 5.32 Å². The van der Waals surface area contributed by atoms with Crippen molar-refractivity contribution in [2.24, 2.45) is 5.92 Å². The molecule has 0 fully saturated rings. The van der Waals surface area contributed by atoms with Crippen LogP contribution in [0, 0.1) is 5.92 Å². The van der Waals surface area contributed by atoms with Crippen LogP contribution in [0.25, 0.3) is 0 Å². The lowest BCUT2D eigenvalue weighted by atomic mass is 9.97. The molecule has 16 heavy (non-hydrogen) atoms. The summed E-state index contributed by atoms with van der Waals surface area (Å²) in [5, 5.41) is 12.4. The minimum atomic E-state index is -0.498. The number of hydrogen-bond acceptors (Lipinski definition) is 3. The van der Waals surface area contributed by atoms with E-state index in [4.69, 9.17) is 4.74 Å². The number of amides is 1. The molecule has 1 amide bonds. The van der Waals surface area contributed by atoms with Gasteiger partial charge in [0.15, 0.2) is 0 Å². The van der Waals surface area contributed by atoms with Crippen LogP contribution >= 0.6 is 0 Å². The van der Waals surface area contributed by atoms with E-state index in [-0.39, 0.29) is 12.5 Å². The van der Waals surface area contributed by atoms with Crippen LogP contribution in [0.2, 0.25) is 0 Å². The zero-order chi connectivity index (χ0) is 12.8. The fourth-order valence-electron chi connectivity index (χ4n) is 1.50. The molecular weight excluding hydrogens is 206 g/mol. The molecule has 0 aliphatic rings. The fraction of sp³-hybridized carbons (Fsp3) is 0.917. The Morgan fingerprint density at radius 1 is 1.31 bits per heavy atom. The zero-order valence-electron chi connectivity index (χ0n) is 11.0. The SMILES string of the molecule is CCC(CC)C(O)CNC(=O)OC(C)(C)C. The van der Waals surface area contributed by atoms with Gasteiger partial charge in [0.05, 0.1) is 6.10 Å². The number of carbonyl (C=O) groups is 1. The highest BCUT2D eigenvalue weighted by atomic mass is 16.6. The van der Waals surface area contributed by atoms with Crippen LogP contribution < -0.4 is 5.32 Å². The van der Waals surface area contributed by atoms with Gasteiger partial charge in [0.2, 0.25) is 0 Å². The lowest BCUT2D eigenvalue weighted by Gasteiger charge is -2.23. The minimum Gasteiger partial charge on any atom is -0.444 e. The molecule has 0 radical (unpaired) electrons. The van der Waals surface area contributed by atoms with Crippen LogP contribution in [0.4, 0.5) is 4.79 Å². The summed E-state index contributed by atoms with van der Waals surface area (Å²) in [6.07, 6.45) is 0.849. The van der Waals surface area contributed by atoms with E-state index in [1.165, 1.54) is 0 Å². The molecule has 4 nitrogen and oxygen atoms in total. The molecule has 0 heterocycles. The highest BCUT2D eigenvalue weighted by Gasteiger charge is 2.19. The van der Waals surface area contributed by atoms with Crippen molar-refractivity contribution in [3.63, 3.8) is 0 Å². The van der Waals surface area contributed by atoms with E-state index in [1.54, 1.807) is 0 Å². The monoisotopic (exact) mass is 231 g/mol. The number of alkyl carbamates (subject to hydrolysis) is 1. The van der Waals surface area contributed by atoms with Gasteiger partial charge < -0.3 is 15.2 Å². The minimum absolute atomic E-state index is 0.231. The lowest BCUT2D eigenvalue weighted by Crippen LogP contribution is -2.39. The smallest absolute Gasteiger partial charge is 0.407 e. The molecule has 2 N–H and O–H groups in total. The molecule has 0 aromatic carbocycles. The van der Waals surface area contributed by atoms with Crippen LogP contribution in [0.3, 0.4) is 0 Å². The second-order valence-corrected chi connectivity index (χ2v) is 5.03. The topological polar surface area (TPSA) is 58.6 Å². The number of aliphatic hydroxyl groups excluding tert-OH is 1. The number of hydrogen-bond donors (Lipinski definition) is 2. The quantitative estimate of drug-likeness (QED) is 0.763. The third-order valence-electron chi connectivity index (χ3n) is 2.45. The Labute approximate surface area is 98.4 Å². The average Bonchev–Trinajstić information content (AvgIpc) is 2.14. The van der Waals surface area contributed by atoms with Gasteiger partial charge in [0, 0.05) is 6.54 Å². The summed E-state index contributed by atoms with van der Waals surface area (Å²) in [6.45, 7) is 9.74. The van der Waals surface area contributed by atoms with Crippen molar-refractivity contribution >= 4 is 6.09 Å². The first kappa shape index (κ1) is 15.2. The van der Waals surface area contributed by atoms with Gasteiger partial charge in [-0.2, -0.15) is 0 Å². The summed E-state index contributed by atoms with van der Waals surface area (Å²) in [6, 6.07) is 0. The van der Waals surface area contributed by atoms with E-state index in [0.717, 1.165) is 12.8 Å². The molecule has 1 atom stereocenters. The Morgan fingerprint density at radius 3 is 2.19 bits per heavy atom. The molecule has 0 rings (SSSR count). The summed E-state index contributed by atoms with van der Waals surface area (Å²) in [7, 11) is 0. The first-order valence-corrected chi connectivity index (χ1v) is 5.95. The lowest BCUT2D eigenvalue weighted by molar-refractivity contribution is 0.0448. The standard InChI is InChI=1S/C12H25NO3/c1-6-9(7-2)10(14)8-13-11(15)16-12(3,4)5/h9-10,14H,6-8H2,1-5H3,(H,13,15). The van der Waals surface area contributed by atoms with E-state index in [2.05, 4.69) is 5.32 Å². The van der Waals surface area contributed by atoms with E-state index in [0.29, 0.717) is 0 Å². The normalized spacial score (nSPS) is 13.7. The summed E-state index contributed by atoms with van der Waals surface area (Å²) in [4.78, 5) is 11.3. The first-order chi connectivity index (χ1) is 7.30. The van der Waals surface area contributed by atoms with Gasteiger partial charge in [-0.05, 0) is 26.7 Å². The maximum absolute atomic E-state index is 11.3. The van der Waals surface area contributed by atoms with Gasteiger partial charge >= 0.3 is 6.09 Å². The van der Waals surface area contributed by atoms with Crippen LogP contribution in [0.1, 0.15) is 47.5 Å². The zero-order valence-corrected chi connectivity index (χ0v) is 11.0. The molecule has 0 spiro atoms. The number of ether oxygens (including phenoxy) is 1. The number of aliphatic hydroxyl groups is 1. The van der Waals surface area contributed by atoms with Crippen molar-refractivity contribution in [3.8, 4) is 0 Å². The molecule has 0 bridgehead atoms. The number of carbonyl (C=O) groups excluding carboxylic acids is 1. The summed E-state index contributed by atoms with van der Waals surface area (Å²) in [5.41, 5.74) is -0.496. The van der Waals surface area contributed by atoms with E-state index in [9.17, 15) is 9.90 Å². The highest BCUT2D eigenvalue weighted by molar-refractivity contribution is 5.67. The molecule has 96 valence electrons. The van der Waals surface area contributed by atoms with Crippen LogP contribution in [0.5, 0.6) is 0 Å². The largest absolute Gasteiger partial charge is 0.444 e. The third-order valence-corrected chi connectivity index (χ3v) is 2.45. The fourth-order valence-corrected chi connectivity index (χ4v) is 1.50. The highest BCUT2D eigenvalue weighted by Crippen LogP contribution is 2.12. The van der Waals surface area contributed by atoms with Gasteiger partial charge in [-0.1, -0.05) is 26.7 Å². The Morgan fingerprint density at radius 2 is 1.81 bits per heavy atom. The average molecular weight is 231 g/mol. The summed E-state index contributed by atoms with van der Waals surface area (Å²) >= 11 is 0. The Bertz CT molecular complexity index is 207. The Balaban J connectivity index is 3.92. The van der Waals surface area contributed by atoms with Gasteiger partial charge in [-0.25, -0.2) is 4.79 Å². The number of nitrogens with one attached hydrogen (secondary N) is 1. The molecule has 0 saturated heterocycles. The molecule has 0 aromatic rings. The second kappa shape index (κ2) is 6.74. The van der Waals surface area contributed by atoms with Crippen LogP contribution in [-0.4, -0.2) is 29.4 Å². The van der Waals surface area contributed by atoms with Gasteiger partial charge in [-0.15, -0.1) is 0 Å². The van der Waals surface area contributed by atoms with E-state index >= 15 is 0 Å². The Hall–Kier alpha value is -0.770. The van der Waals surface area contributed by atoms with Crippen molar-refractivity contribution in [2.45, 2.75) is 59.2 Å². The first-order valence-electron chi connectivity index (χ1n) is 5.95. The maximum Gasteiger partial charge on any atom is 0.407 e. The van der Waals surface area contributed by atoms with Gasteiger partial charge in [0.1, 0.15) is 5.60 Å². The van der Waals surface area contributed by atoms with Crippen LogP contribution in [0.15, 0.2) is 0 Å². The van der Waals surface area contributed by atoms with Crippen molar-refractivity contribution in [2.75, 3.05) is 6.54 Å². The maximum atomic E-state index is 11.3. The predicted octanol–water partition coefficient (Wildman–Crippen LogP) is 2.31.